The average molecular weight is 140 g/mol. The number of rotatable bonds is 1. The highest BCUT2D eigenvalue weighted by Crippen LogP contribution is 2.12. The van der Waals surface area contributed by atoms with Crippen LogP contribution in [0.15, 0.2) is 12.1 Å². The van der Waals surface area contributed by atoms with Crippen LogP contribution in [0, 0.1) is 17.0 Å². The van der Waals surface area contributed by atoms with Gasteiger partial charge in [0.2, 0.25) is 0 Å². The summed E-state index contributed by atoms with van der Waals surface area (Å²) in [5, 5.41) is 10.2. The van der Waals surface area contributed by atoms with Crippen LogP contribution < -0.4 is 0 Å². The van der Waals surface area contributed by atoms with Crippen molar-refractivity contribution in [2.24, 2.45) is 7.05 Å². The number of aromatic nitrogens is 1. The lowest BCUT2D eigenvalue weighted by atomic mass is 10.5. The van der Waals surface area contributed by atoms with Crippen LogP contribution in [0.3, 0.4) is 0 Å². The maximum absolute atomic E-state index is 10.2. The highest BCUT2D eigenvalue weighted by atomic mass is 16.6. The van der Waals surface area contributed by atoms with E-state index < -0.39 is 4.92 Å². The van der Waals surface area contributed by atoms with Crippen LogP contribution in [0.5, 0.6) is 0 Å². The molecule has 1 heterocycles. The summed E-state index contributed by atoms with van der Waals surface area (Å²) in [6, 6.07) is 3.22. The fourth-order valence-corrected chi connectivity index (χ4v) is 0.783. The molecule has 0 radical (unpaired) electrons. The number of nitro groups is 1. The topological polar surface area (TPSA) is 48.1 Å². The van der Waals surface area contributed by atoms with Gasteiger partial charge >= 0.3 is 5.82 Å². The SMILES string of the molecule is Cc1ccc([N+](=O)[O-])n1C. The van der Waals surface area contributed by atoms with Crippen molar-refractivity contribution in [3.8, 4) is 0 Å². The summed E-state index contributed by atoms with van der Waals surface area (Å²) >= 11 is 0. The first-order valence-corrected chi connectivity index (χ1v) is 2.89. The van der Waals surface area contributed by atoms with Gasteiger partial charge in [-0.3, -0.25) is 0 Å². The second kappa shape index (κ2) is 2.13. The molecule has 0 aliphatic rings. The van der Waals surface area contributed by atoms with E-state index in [1.807, 2.05) is 6.92 Å². The summed E-state index contributed by atoms with van der Waals surface area (Å²) in [5.74, 6) is 0.137. The molecule has 0 aliphatic carbocycles. The Morgan fingerprint density at radius 3 is 2.40 bits per heavy atom. The van der Waals surface area contributed by atoms with E-state index in [1.165, 1.54) is 6.07 Å². The number of hydrogen-bond acceptors (Lipinski definition) is 2. The minimum Gasteiger partial charge on any atom is -0.358 e. The molecule has 0 unspecified atom stereocenters. The molecule has 0 saturated heterocycles. The summed E-state index contributed by atoms with van der Waals surface area (Å²) < 4.78 is 1.54. The van der Waals surface area contributed by atoms with Crippen LogP contribution in [-0.4, -0.2) is 9.49 Å². The molecule has 1 aromatic rings. The Balaban J connectivity index is 3.17. The molecule has 0 N–H and O–H groups in total. The van der Waals surface area contributed by atoms with Gasteiger partial charge < -0.3 is 10.1 Å². The van der Waals surface area contributed by atoms with Gasteiger partial charge in [-0.05, 0) is 17.9 Å². The van der Waals surface area contributed by atoms with Crippen molar-refractivity contribution >= 4 is 5.82 Å². The Bertz CT molecular complexity index is 265. The molecule has 54 valence electrons. The standard InChI is InChI=1S/C6H8N2O2/c1-5-3-4-6(7(5)2)8(9)10/h3-4H,1-2H3. The van der Waals surface area contributed by atoms with E-state index in [2.05, 4.69) is 0 Å². The molecule has 0 aromatic carbocycles. The second-order valence-corrected chi connectivity index (χ2v) is 2.15. The predicted octanol–water partition coefficient (Wildman–Crippen LogP) is 1.24. The summed E-state index contributed by atoms with van der Waals surface area (Å²) in [4.78, 5) is 9.82. The zero-order chi connectivity index (χ0) is 7.72. The van der Waals surface area contributed by atoms with Gasteiger partial charge in [0.05, 0.1) is 7.05 Å². The molecule has 10 heavy (non-hydrogen) atoms. The molecule has 0 spiro atoms. The van der Waals surface area contributed by atoms with Gasteiger partial charge in [-0.2, -0.15) is 0 Å². The Morgan fingerprint density at radius 1 is 1.60 bits per heavy atom. The van der Waals surface area contributed by atoms with Crippen molar-refractivity contribution in [2.45, 2.75) is 6.92 Å². The smallest absolute Gasteiger partial charge is 0.323 e. The van der Waals surface area contributed by atoms with Gasteiger partial charge in [0.25, 0.3) is 0 Å². The van der Waals surface area contributed by atoms with Crippen LogP contribution in [0.2, 0.25) is 0 Å². The summed E-state index contributed by atoms with van der Waals surface area (Å²) in [6.07, 6.45) is 0. The number of nitrogens with zero attached hydrogens (tertiary/aromatic N) is 2. The molecule has 4 nitrogen and oxygen atoms in total. The van der Waals surface area contributed by atoms with Crippen LogP contribution >= 0.6 is 0 Å². The van der Waals surface area contributed by atoms with Gasteiger partial charge in [0, 0.05) is 6.07 Å². The fourth-order valence-electron chi connectivity index (χ4n) is 0.783. The lowest BCUT2D eigenvalue weighted by Crippen LogP contribution is -1.97. The van der Waals surface area contributed by atoms with E-state index in [4.69, 9.17) is 0 Å². The molecule has 0 amide bonds. The summed E-state index contributed by atoms with van der Waals surface area (Å²) in [5.41, 5.74) is 0.895. The third-order valence-electron chi connectivity index (χ3n) is 1.53. The van der Waals surface area contributed by atoms with Crippen molar-refractivity contribution in [2.75, 3.05) is 0 Å². The molecule has 0 saturated carbocycles. The Kier molecular flexibility index (Phi) is 1.45. The maximum Gasteiger partial charge on any atom is 0.323 e. The highest BCUT2D eigenvalue weighted by Gasteiger charge is 2.09. The largest absolute Gasteiger partial charge is 0.358 e. The third kappa shape index (κ3) is 0.877. The van der Waals surface area contributed by atoms with Crippen molar-refractivity contribution < 1.29 is 4.92 Å². The minimum absolute atomic E-state index is 0.137. The third-order valence-corrected chi connectivity index (χ3v) is 1.53. The molecule has 1 rings (SSSR count). The lowest BCUT2D eigenvalue weighted by Gasteiger charge is -1.94. The van der Waals surface area contributed by atoms with Crippen molar-refractivity contribution in [1.82, 2.24) is 4.57 Å². The molecule has 0 fully saturated rings. The molecule has 1 aromatic heterocycles. The predicted molar refractivity (Wildman–Crippen MR) is 36.8 cm³/mol. The molecule has 0 aliphatic heterocycles. The quantitative estimate of drug-likeness (QED) is 0.435. The van der Waals surface area contributed by atoms with Gasteiger partial charge in [-0.25, -0.2) is 4.57 Å². The summed E-state index contributed by atoms with van der Waals surface area (Å²) in [6.45, 7) is 1.83. The van der Waals surface area contributed by atoms with Crippen molar-refractivity contribution in [3.63, 3.8) is 0 Å². The zero-order valence-corrected chi connectivity index (χ0v) is 5.87. The van der Waals surface area contributed by atoms with Crippen LogP contribution in [0.1, 0.15) is 5.69 Å². The molecule has 0 bridgehead atoms. The second-order valence-electron chi connectivity index (χ2n) is 2.15. The fraction of sp³-hybridized carbons (Fsp3) is 0.333. The monoisotopic (exact) mass is 140 g/mol. The lowest BCUT2D eigenvalue weighted by molar-refractivity contribution is -0.391. The number of hydrogen-bond donors (Lipinski definition) is 0. The maximum atomic E-state index is 10.2. The molecule has 0 atom stereocenters. The summed E-state index contributed by atoms with van der Waals surface area (Å²) in [7, 11) is 1.67. The van der Waals surface area contributed by atoms with Crippen molar-refractivity contribution in [3.05, 3.63) is 27.9 Å². The van der Waals surface area contributed by atoms with E-state index in [-0.39, 0.29) is 5.82 Å². The van der Waals surface area contributed by atoms with Crippen LogP contribution in [0.25, 0.3) is 0 Å². The number of aryl methyl sites for hydroxylation is 1. The van der Waals surface area contributed by atoms with E-state index in [9.17, 15) is 10.1 Å². The Morgan fingerprint density at radius 2 is 2.20 bits per heavy atom. The minimum atomic E-state index is -0.396. The Hall–Kier alpha value is -1.32. The van der Waals surface area contributed by atoms with E-state index in [1.54, 1.807) is 17.7 Å². The van der Waals surface area contributed by atoms with Gasteiger partial charge in [-0.15, -0.1) is 0 Å². The van der Waals surface area contributed by atoms with Gasteiger partial charge in [0.15, 0.2) is 0 Å². The first-order chi connectivity index (χ1) is 4.63. The van der Waals surface area contributed by atoms with E-state index in [0.29, 0.717) is 0 Å². The van der Waals surface area contributed by atoms with E-state index in [0.717, 1.165) is 5.69 Å². The first kappa shape index (κ1) is 6.80. The normalized spacial score (nSPS) is 9.80. The van der Waals surface area contributed by atoms with Gasteiger partial charge in [0.1, 0.15) is 5.69 Å². The van der Waals surface area contributed by atoms with E-state index >= 15 is 0 Å². The highest BCUT2D eigenvalue weighted by molar-refractivity contribution is 5.25. The van der Waals surface area contributed by atoms with Crippen LogP contribution in [-0.2, 0) is 7.05 Å². The van der Waals surface area contributed by atoms with Gasteiger partial charge in [-0.1, -0.05) is 0 Å². The molecular weight excluding hydrogens is 132 g/mol. The zero-order valence-electron chi connectivity index (χ0n) is 5.87. The molecule has 4 heteroatoms. The van der Waals surface area contributed by atoms with Crippen LogP contribution in [0.4, 0.5) is 5.82 Å². The first-order valence-electron chi connectivity index (χ1n) is 2.89. The Labute approximate surface area is 58.2 Å². The van der Waals surface area contributed by atoms with Crippen molar-refractivity contribution in [1.29, 1.82) is 0 Å². The molecular formula is C6H8N2O2. The average Bonchev–Trinajstić information content (AvgIpc) is 2.14.